The van der Waals surface area contributed by atoms with Crippen molar-refractivity contribution in [2.75, 3.05) is 12.4 Å². The first kappa shape index (κ1) is 20.2. The summed E-state index contributed by atoms with van der Waals surface area (Å²) in [5.74, 6) is -0.283. The number of aliphatic hydroxyl groups is 3. The van der Waals surface area contributed by atoms with Crippen molar-refractivity contribution in [2.24, 2.45) is 0 Å². The molecule has 1 saturated heterocycles. The van der Waals surface area contributed by atoms with Crippen molar-refractivity contribution in [2.45, 2.75) is 63.3 Å². The van der Waals surface area contributed by atoms with Gasteiger partial charge in [0.05, 0.1) is 0 Å². The summed E-state index contributed by atoms with van der Waals surface area (Å²) in [7, 11) is 0. The second kappa shape index (κ2) is 10.1. The van der Waals surface area contributed by atoms with Gasteiger partial charge in [-0.25, -0.2) is 0 Å². The van der Waals surface area contributed by atoms with E-state index in [1.54, 1.807) is 0 Å². The fraction of sp³-hybridized carbons (Fsp3) is 0.857. The first-order chi connectivity index (χ1) is 10.9. The minimum atomic E-state index is -1.50. The Morgan fingerprint density at radius 2 is 1.91 bits per heavy atom. The van der Waals surface area contributed by atoms with Crippen molar-refractivity contribution < 1.29 is 34.4 Å². The molecule has 8 nitrogen and oxygen atoms in total. The van der Waals surface area contributed by atoms with Crippen LogP contribution in [0, 0.1) is 0 Å². The minimum absolute atomic E-state index is 0.188. The van der Waals surface area contributed by atoms with Crippen LogP contribution in [0.1, 0.15) is 32.6 Å². The summed E-state index contributed by atoms with van der Waals surface area (Å²) in [6.07, 6.45) is -3.81. The van der Waals surface area contributed by atoms with Gasteiger partial charge in [-0.2, -0.15) is 12.6 Å². The van der Waals surface area contributed by atoms with Crippen LogP contribution >= 0.6 is 12.6 Å². The number of hydrogen-bond donors (Lipinski definition) is 5. The molecule has 1 rings (SSSR count). The number of thiol groups is 1. The number of esters is 1. The predicted octanol–water partition coefficient (Wildman–Crippen LogP) is -1.04. The van der Waals surface area contributed by atoms with E-state index in [9.17, 15) is 24.9 Å². The maximum Gasteiger partial charge on any atom is 0.305 e. The van der Waals surface area contributed by atoms with Crippen molar-refractivity contribution in [3.63, 3.8) is 0 Å². The SMILES string of the molecule is CCCC(=O)N[C@H]1C(O)O[C@H](COC(=O)CCCS)[C@@H](O)[C@@H]1O. The number of carbonyl (C=O) groups is 2. The lowest BCUT2D eigenvalue weighted by atomic mass is 9.97. The molecule has 1 heterocycles. The van der Waals surface area contributed by atoms with E-state index >= 15 is 0 Å². The molecule has 0 bridgehead atoms. The van der Waals surface area contributed by atoms with Crippen molar-refractivity contribution in [1.29, 1.82) is 0 Å². The molecule has 1 fully saturated rings. The highest BCUT2D eigenvalue weighted by atomic mass is 32.1. The number of ether oxygens (including phenoxy) is 2. The number of aliphatic hydroxyl groups excluding tert-OH is 3. The zero-order chi connectivity index (χ0) is 17.4. The topological polar surface area (TPSA) is 125 Å². The van der Waals surface area contributed by atoms with Gasteiger partial charge < -0.3 is 30.1 Å². The van der Waals surface area contributed by atoms with Crippen LogP contribution < -0.4 is 5.32 Å². The van der Waals surface area contributed by atoms with Crippen molar-refractivity contribution in [3.05, 3.63) is 0 Å². The molecule has 134 valence electrons. The quantitative estimate of drug-likeness (QED) is 0.279. The van der Waals surface area contributed by atoms with Gasteiger partial charge in [0.25, 0.3) is 0 Å². The fourth-order valence-electron chi connectivity index (χ4n) is 2.20. The van der Waals surface area contributed by atoms with Gasteiger partial charge in [0.2, 0.25) is 5.91 Å². The van der Waals surface area contributed by atoms with E-state index in [4.69, 9.17) is 9.47 Å². The number of amides is 1. The summed E-state index contributed by atoms with van der Waals surface area (Å²) < 4.78 is 10.1. The van der Waals surface area contributed by atoms with Crippen LogP contribution in [0.2, 0.25) is 0 Å². The third kappa shape index (κ3) is 6.27. The van der Waals surface area contributed by atoms with Crippen molar-refractivity contribution >= 4 is 24.5 Å². The molecule has 0 aromatic carbocycles. The van der Waals surface area contributed by atoms with Gasteiger partial charge in [-0.05, 0) is 18.6 Å². The summed E-state index contributed by atoms with van der Waals surface area (Å²) >= 11 is 3.98. The van der Waals surface area contributed by atoms with Crippen LogP contribution in [0.5, 0.6) is 0 Å². The molecule has 1 aliphatic heterocycles. The predicted molar refractivity (Wildman–Crippen MR) is 83.8 cm³/mol. The third-order valence-electron chi connectivity index (χ3n) is 3.47. The zero-order valence-corrected chi connectivity index (χ0v) is 13.9. The molecule has 23 heavy (non-hydrogen) atoms. The molecule has 0 aromatic heterocycles. The summed E-state index contributed by atoms with van der Waals surface area (Å²) in [6.45, 7) is 1.52. The highest BCUT2D eigenvalue weighted by Crippen LogP contribution is 2.20. The number of carbonyl (C=O) groups excluding carboxylic acids is 2. The fourth-order valence-corrected chi connectivity index (χ4v) is 2.35. The maximum absolute atomic E-state index is 11.6. The standard InChI is InChI=1S/C14H25NO7S/c1-2-4-9(16)15-11-13(19)12(18)8(22-14(11)20)7-21-10(17)5-3-6-23/h8,11-14,18-20,23H,2-7H2,1H3,(H,15,16)/t8-,11-,12-,13-,14?/m1/s1. The van der Waals surface area contributed by atoms with Gasteiger partial charge in [-0.3, -0.25) is 9.59 Å². The Bertz CT molecular complexity index is 395. The summed E-state index contributed by atoms with van der Waals surface area (Å²) in [5, 5.41) is 32.4. The Balaban J connectivity index is 2.52. The van der Waals surface area contributed by atoms with Crippen LogP contribution in [0.3, 0.4) is 0 Å². The first-order valence-electron chi connectivity index (χ1n) is 7.66. The van der Waals surface area contributed by atoms with E-state index in [1.807, 2.05) is 6.92 Å². The average molecular weight is 351 g/mol. The van der Waals surface area contributed by atoms with Crippen LogP contribution in [-0.2, 0) is 19.1 Å². The minimum Gasteiger partial charge on any atom is -0.463 e. The van der Waals surface area contributed by atoms with Crippen LogP contribution in [-0.4, -0.2) is 70.2 Å². The Morgan fingerprint density at radius 1 is 1.22 bits per heavy atom. The van der Waals surface area contributed by atoms with Crippen LogP contribution in [0.4, 0.5) is 0 Å². The normalized spacial score (nSPS) is 30.7. The van der Waals surface area contributed by atoms with Gasteiger partial charge in [0.15, 0.2) is 6.29 Å². The average Bonchev–Trinajstić information content (AvgIpc) is 2.51. The lowest BCUT2D eigenvalue weighted by Gasteiger charge is -2.40. The molecule has 0 aliphatic carbocycles. The molecule has 9 heteroatoms. The molecular weight excluding hydrogens is 326 g/mol. The lowest BCUT2D eigenvalue weighted by molar-refractivity contribution is -0.255. The van der Waals surface area contributed by atoms with Crippen molar-refractivity contribution in [3.8, 4) is 0 Å². The van der Waals surface area contributed by atoms with E-state index in [0.29, 0.717) is 18.6 Å². The Hall–Kier alpha value is -0.870. The van der Waals surface area contributed by atoms with E-state index in [1.165, 1.54) is 0 Å². The number of nitrogens with one attached hydrogen (secondary N) is 1. The highest BCUT2D eigenvalue weighted by molar-refractivity contribution is 7.80. The van der Waals surface area contributed by atoms with Crippen molar-refractivity contribution in [1.82, 2.24) is 5.32 Å². The molecular formula is C14H25NO7S. The third-order valence-corrected chi connectivity index (χ3v) is 3.79. The Labute approximate surface area is 140 Å². The molecule has 4 N–H and O–H groups in total. The summed E-state index contributed by atoms with van der Waals surface area (Å²) in [6, 6.07) is -1.14. The molecule has 0 spiro atoms. The van der Waals surface area contributed by atoms with E-state index < -0.39 is 36.6 Å². The first-order valence-corrected chi connectivity index (χ1v) is 8.29. The van der Waals surface area contributed by atoms with Gasteiger partial charge in [0, 0.05) is 12.8 Å². The number of hydrogen-bond acceptors (Lipinski definition) is 8. The monoisotopic (exact) mass is 351 g/mol. The molecule has 1 unspecified atom stereocenters. The van der Waals surface area contributed by atoms with Gasteiger partial charge in [-0.15, -0.1) is 0 Å². The lowest BCUT2D eigenvalue weighted by Crippen LogP contribution is -2.64. The Kier molecular flexibility index (Phi) is 8.85. The van der Waals surface area contributed by atoms with Crippen LogP contribution in [0.25, 0.3) is 0 Å². The molecule has 0 aromatic rings. The van der Waals surface area contributed by atoms with Gasteiger partial charge in [-0.1, -0.05) is 6.92 Å². The van der Waals surface area contributed by atoms with Gasteiger partial charge in [0.1, 0.15) is 31.0 Å². The second-order valence-corrected chi connectivity index (χ2v) is 5.85. The largest absolute Gasteiger partial charge is 0.463 e. The smallest absolute Gasteiger partial charge is 0.305 e. The summed E-state index contributed by atoms with van der Waals surface area (Å²) in [5.41, 5.74) is 0. The van der Waals surface area contributed by atoms with E-state index in [-0.39, 0.29) is 25.4 Å². The molecule has 0 saturated carbocycles. The summed E-state index contributed by atoms with van der Waals surface area (Å²) in [4.78, 5) is 23.0. The molecule has 5 atom stereocenters. The van der Waals surface area contributed by atoms with E-state index in [0.717, 1.165) is 0 Å². The molecule has 0 radical (unpaired) electrons. The zero-order valence-electron chi connectivity index (χ0n) is 13.1. The second-order valence-electron chi connectivity index (χ2n) is 5.40. The highest BCUT2D eigenvalue weighted by Gasteiger charge is 2.44. The van der Waals surface area contributed by atoms with E-state index in [2.05, 4.69) is 17.9 Å². The molecule has 1 aliphatic rings. The number of rotatable bonds is 8. The van der Waals surface area contributed by atoms with Crippen LogP contribution in [0.15, 0.2) is 0 Å². The maximum atomic E-state index is 11.6. The molecule has 1 amide bonds. The Morgan fingerprint density at radius 3 is 2.52 bits per heavy atom. The van der Waals surface area contributed by atoms with Gasteiger partial charge >= 0.3 is 5.97 Å².